The highest BCUT2D eigenvalue weighted by Gasteiger charge is 2.37. The van der Waals surface area contributed by atoms with Gasteiger partial charge in [-0.1, -0.05) is 65.7 Å². The van der Waals surface area contributed by atoms with E-state index in [0.29, 0.717) is 11.5 Å². The van der Waals surface area contributed by atoms with Crippen LogP contribution in [0, 0.1) is 5.41 Å². The van der Waals surface area contributed by atoms with Gasteiger partial charge in [-0.25, -0.2) is 0 Å². The van der Waals surface area contributed by atoms with Crippen LogP contribution in [0.25, 0.3) is 0 Å². The summed E-state index contributed by atoms with van der Waals surface area (Å²) in [6.45, 7) is 10.4. The van der Waals surface area contributed by atoms with Crippen LogP contribution >= 0.6 is 0 Å². The molecule has 0 amide bonds. The maximum atomic E-state index is 6.06. The van der Waals surface area contributed by atoms with Crippen molar-refractivity contribution in [3.8, 4) is 0 Å². The maximum absolute atomic E-state index is 6.06. The third-order valence-corrected chi connectivity index (χ3v) is 5.90. The van der Waals surface area contributed by atoms with Crippen molar-refractivity contribution in [3.05, 3.63) is 0 Å². The van der Waals surface area contributed by atoms with Crippen LogP contribution in [0.3, 0.4) is 0 Å². The fraction of sp³-hybridized carbons (Fsp3) is 1.00. The molecule has 1 saturated heterocycles. The molecule has 1 rings (SSSR count). The predicted molar refractivity (Wildman–Crippen MR) is 94.7 cm³/mol. The molecule has 1 unspecified atom stereocenters. The first-order chi connectivity index (χ1) is 10.2. The maximum Gasteiger partial charge on any atom is 0.0218 e. The van der Waals surface area contributed by atoms with Crippen LogP contribution in [0.4, 0.5) is 0 Å². The van der Waals surface area contributed by atoms with Crippen LogP contribution in [0.5, 0.6) is 0 Å². The fourth-order valence-electron chi connectivity index (χ4n) is 3.90. The van der Waals surface area contributed by atoms with E-state index in [1.54, 1.807) is 0 Å². The summed E-state index contributed by atoms with van der Waals surface area (Å²) in [4.78, 5) is 2.70. The molecule has 0 aromatic carbocycles. The van der Waals surface area contributed by atoms with Gasteiger partial charge in [0, 0.05) is 19.1 Å². The molecule has 2 nitrogen and oxygen atoms in total. The Balaban J connectivity index is 2.20. The Labute approximate surface area is 133 Å². The second-order valence-electron chi connectivity index (χ2n) is 7.23. The third-order valence-electron chi connectivity index (χ3n) is 5.90. The Kier molecular flexibility index (Phi) is 9.59. The van der Waals surface area contributed by atoms with Crippen molar-refractivity contribution in [2.45, 2.75) is 97.4 Å². The lowest BCUT2D eigenvalue weighted by atomic mass is 9.82. The van der Waals surface area contributed by atoms with Gasteiger partial charge >= 0.3 is 0 Å². The van der Waals surface area contributed by atoms with Crippen molar-refractivity contribution < 1.29 is 0 Å². The normalized spacial score (nSPS) is 20.0. The average molecular weight is 297 g/mol. The van der Waals surface area contributed by atoms with Crippen molar-refractivity contribution in [2.24, 2.45) is 11.1 Å². The Bertz CT molecular complexity index is 248. The molecule has 0 saturated carbocycles. The lowest BCUT2D eigenvalue weighted by Gasteiger charge is -2.30. The molecule has 21 heavy (non-hydrogen) atoms. The highest BCUT2D eigenvalue weighted by molar-refractivity contribution is 4.91. The molecule has 1 aliphatic rings. The summed E-state index contributed by atoms with van der Waals surface area (Å²) in [5.41, 5.74) is 6.65. The van der Waals surface area contributed by atoms with Gasteiger partial charge in [-0.2, -0.15) is 0 Å². The van der Waals surface area contributed by atoms with E-state index in [-0.39, 0.29) is 0 Å². The van der Waals surface area contributed by atoms with Crippen molar-refractivity contribution in [3.63, 3.8) is 0 Å². The molecule has 0 bridgehead atoms. The quantitative estimate of drug-likeness (QED) is 0.515. The van der Waals surface area contributed by atoms with Crippen molar-refractivity contribution >= 4 is 0 Å². The average Bonchev–Trinajstić information content (AvgIpc) is 2.95. The molecule has 2 N–H and O–H groups in total. The molecule has 1 atom stereocenters. The van der Waals surface area contributed by atoms with E-state index in [4.69, 9.17) is 5.73 Å². The molecule has 0 radical (unpaired) electrons. The molecule has 2 heteroatoms. The number of rotatable bonds is 12. The summed E-state index contributed by atoms with van der Waals surface area (Å²) < 4.78 is 0. The Morgan fingerprint density at radius 1 is 0.952 bits per heavy atom. The number of hydrogen-bond acceptors (Lipinski definition) is 2. The van der Waals surface area contributed by atoms with Gasteiger partial charge < -0.3 is 5.73 Å². The van der Waals surface area contributed by atoms with E-state index in [1.165, 1.54) is 83.7 Å². The second kappa shape index (κ2) is 10.6. The summed E-state index contributed by atoms with van der Waals surface area (Å²) in [5.74, 6) is 0. The van der Waals surface area contributed by atoms with Gasteiger partial charge in [0.25, 0.3) is 0 Å². The topological polar surface area (TPSA) is 29.3 Å². The minimum atomic E-state index is 0.591. The largest absolute Gasteiger partial charge is 0.329 e. The van der Waals surface area contributed by atoms with Crippen LogP contribution in [-0.2, 0) is 0 Å². The molecule has 0 aromatic heterocycles. The van der Waals surface area contributed by atoms with Gasteiger partial charge in [0.15, 0.2) is 0 Å². The van der Waals surface area contributed by atoms with Crippen LogP contribution in [-0.4, -0.2) is 30.6 Å². The Hall–Kier alpha value is -0.0800. The number of hydrogen-bond donors (Lipinski definition) is 1. The van der Waals surface area contributed by atoms with Crippen LogP contribution in [0.2, 0.25) is 0 Å². The SMILES string of the molecule is CCCCCCCCCC(CN)N1CCC(CC)(CC)C1. The fourth-order valence-corrected chi connectivity index (χ4v) is 3.90. The highest BCUT2D eigenvalue weighted by atomic mass is 15.2. The van der Waals surface area contributed by atoms with Gasteiger partial charge in [0.1, 0.15) is 0 Å². The minimum absolute atomic E-state index is 0.591. The summed E-state index contributed by atoms with van der Waals surface area (Å²) in [6, 6.07) is 0.639. The molecular formula is C19H40N2. The Morgan fingerprint density at radius 2 is 1.57 bits per heavy atom. The molecule has 1 fully saturated rings. The Morgan fingerprint density at radius 3 is 2.10 bits per heavy atom. The smallest absolute Gasteiger partial charge is 0.0218 e. The zero-order chi connectivity index (χ0) is 15.6. The lowest BCUT2D eigenvalue weighted by Crippen LogP contribution is -2.40. The van der Waals surface area contributed by atoms with Crippen molar-refractivity contribution in [1.82, 2.24) is 4.90 Å². The zero-order valence-corrected chi connectivity index (χ0v) is 15.0. The molecule has 1 heterocycles. The molecule has 1 aliphatic heterocycles. The predicted octanol–water partition coefficient (Wildman–Crippen LogP) is 4.97. The molecular weight excluding hydrogens is 256 g/mol. The molecule has 0 spiro atoms. The van der Waals surface area contributed by atoms with E-state index in [1.807, 2.05) is 0 Å². The summed E-state index contributed by atoms with van der Waals surface area (Å²) >= 11 is 0. The first-order valence-electron chi connectivity index (χ1n) is 9.65. The van der Waals surface area contributed by atoms with Crippen LogP contribution in [0.1, 0.15) is 91.4 Å². The number of nitrogens with two attached hydrogens (primary N) is 1. The molecule has 126 valence electrons. The van der Waals surface area contributed by atoms with E-state index in [2.05, 4.69) is 25.7 Å². The third kappa shape index (κ3) is 6.28. The summed E-state index contributed by atoms with van der Waals surface area (Å²) in [6.07, 6.45) is 15.2. The summed E-state index contributed by atoms with van der Waals surface area (Å²) in [7, 11) is 0. The second-order valence-corrected chi connectivity index (χ2v) is 7.23. The number of likely N-dealkylation sites (tertiary alicyclic amines) is 1. The zero-order valence-electron chi connectivity index (χ0n) is 15.0. The minimum Gasteiger partial charge on any atom is -0.329 e. The van der Waals surface area contributed by atoms with Gasteiger partial charge in [0.2, 0.25) is 0 Å². The van der Waals surface area contributed by atoms with E-state index >= 15 is 0 Å². The van der Waals surface area contributed by atoms with Gasteiger partial charge in [-0.3, -0.25) is 4.90 Å². The first-order valence-corrected chi connectivity index (χ1v) is 9.65. The van der Waals surface area contributed by atoms with Crippen molar-refractivity contribution in [1.29, 1.82) is 0 Å². The monoisotopic (exact) mass is 296 g/mol. The lowest BCUT2D eigenvalue weighted by molar-refractivity contribution is 0.187. The standard InChI is InChI=1S/C19H40N2/c1-4-7-8-9-10-11-12-13-18(16-20)21-15-14-19(5-2,6-3)17-21/h18H,4-17,20H2,1-3H3. The molecule has 0 aromatic rings. The van der Waals surface area contributed by atoms with Crippen LogP contribution < -0.4 is 5.73 Å². The molecule has 0 aliphatic carbocycles. The number of unbranched alkanes of at least 4 members (excludes halogenated alkanes) is 6. The van der Waals surface area contributed by atoms with E-state index < -0.39 is 0 Å². The first kappa shape index (κ1) is 19.0. The van der Waals surface area contributed by atoms with E-state index in [9.17, 15) is 0 Å². The van der Waals surface area contributed by atoms with Gasteiger partial charge in [-0.05, 0) is 37.6 Å². The van der Waals surface area contributed by atoms with Crippen LogP contribution in [0.15, 0.2) is 0 Å². The van der Waals surface area contributed by atoms with Gasteiger partial charge in [0.05, 0.1) is 0 Å². The van der Waals surface area contributed by atoms with Crippen molar-refractivity contribution in [2.75, 3.05) is 19.6 Å². The van der Waals surface area contributed by atoms with Gasteiger partial charge in [-0.15, -0.1) is 0 Å². The summed E-state index contributed by atoms with van der Waals surface area (Å²) in [5, 5.41) is 0. The van der Waals surface area contributed by atoms with E-state index in [0.717, 1.165) is 6.54 Å². The highest BCUT2D eigenvalue weighted by Crippen LogP contribution is 2.38. The number of nitrogens with zero attached hydrogens (tertiary/aromatic N) is 1.